The molecule has 0 aromatic carbocycles. The van der Waals surface area contributed by atoms with Crippen molar-refractivity contribution < 1.29 is 4.74 Å². The summed E-state index contributed by atoms with van der Waals surface area (Å²) in [5.41, 5.74) is -0.0127. The first-order chi connectivity index (χ1) is 6.31. The van der Waals surface area contributed by atoms with Gasteiger partial charge in [0, 0.05) is 0 Å². The molecular weight excluding hydrogens is 172 g/mol. The van der Waals surface area contributed by atoms with E-state index in [1.807, 2.05) is 0 Å². The van der Waals surface area contributed by atoms with Gasteiger partial charge in [-0.05, 0) is 46.5 Å². The van der Waals surface area contributed by atoms with Crippen LogP contribution in [0.5, 0.6) is 0 Å². The maximum absolute atomic E-state index is 5.81. The van der Waals surface area contributed by atoms with Crippen molar-refractivity contribution in [2.24, 2.45) is 5.92 Å². The average molecular weight is 198 g/mol. The molecule has 84 valence electrons. The van der Waals surface area contributed by atoms with Crippen molar-refractivity contribution in [1.29, 1.82) is 0 Å². The van der Waals surface area contributed by atoms with Gasteiger partial charge in [0.25, 0.3) is 0 Å². The zero-order chi connectivity index (χ0) is 11.2. The molecule has 0 N–H and O–H groups in total. The number of hydrogen-bond donors (Lipinski definition) is 0. The van der Waals surface area contributed by atoms with Gasteiger partial charge in [-0.25, -0.2) is 0 Å². The fourth-order valence-electron chi connectivity index (χ4n) is 1.36. The maximum Gasteiger partial charge on any atom is 0.0602 e. The van der Waals surface area contributed by atoms with Gasteiger partial charge in [-0.15, -0.1) is 0 Å². The SMILES string of the molecule is CC(C)/C=C/CC[C@@H](C)OC(C)(C)C. The third kappa shape index (κ3) is 9.79. The van der Waals surface area contributed by atoms with Crippen LogP contribution in [0.1, 0.15) is 54.4 Å². The molecule has 1 atom stereocenters. The summed E-state index contributed by atoms with van der Waals surface area (Å²) in [6.07, 6.45) is 7.10. The van der Waals surface area contributed by atoms with E-state index in [2.05, 4.69) is 53.7 Å². The Hall–Kier alpha value is -0.300. The van der Waals surface area contributed by atoms with Gasteiger partial charge in [0.05, 0.1) is 11.7 Å². The van der Waals surface area contributed by atoms with E-state index < -0.39 is 0 Å². The molecule has 0 rings (SSSR count). The Bertz CT molecular complexity index is 163. The Morgan fingerprint density at radius 2 is 1.71 bits per heavy atom. The minimum Gasteiger partial charge on any atom is -0.373 e. The van der Waals surface area contributed by atoms with Gasteiger partial charge in [-0.1, -0.05) is 26.0 Å². The predicted octanol–water partition coefficient (Wildman–Crippen LogP) is 4.18. The molecule has 0 aromatic heterocycles. The first kappa shape index (κ1) is 13.7. The molecule has 0 aromatic rings. The molecular formula is C13H26O. The lowest BCUT2D eigenvalue weighted by Gasteiger charge is -2.24. The van der Waals surface area contributed by atoms with E-state index in [4.69, 9.17) is 4.74 Å². The lowest BCUT2D eigenvalue weighted by molar-refractivity contribution is -0.0536. The van der Waals surface area contributed by atoms with Gasteiger partial charge in [0.1, 0.15) is 0 Å². The monoisotopic (exact) mass is 198 g/mol. The molecule has 0 aliphatic heterocycles. The van der Waals surface area contributed by atoms with E-state index in [1.165, 1.54) is 0 Å². The van der Waals surface area contributed by atoms with Crippen LogP contribution in [0.2, 0.25) is 0 Å². The lowest BCUT2D eigenvalue weighted by atomic mass is 10.1. The Morgan fingerprint density at radius 3 is 2.14 bits per heavy atom. The number of rotatable bonds is 5. The number of hydrogen-bond acceptors (Lipinski definition) is 1. The second-order valence-corrected chi connectivity index (χ2v) is 5.29. The molecule has 0 spiro atoms. The van der Waals surface area contributed by atoms with E-state index in [0.29, 0.717) is 12.0 Å². The predicted molar refractivity (Wildman–Crippen MR) is 63.5 cm³/mol. The molecule has 0 radical (unpaired) electrons. The first-order valence-corrected chi connectivity index (χ1v) is 5.66. The molecule has 1 nitrogen and oxygen atoms in total. The second kappa shape index (κ2) is 6.23. The molecule has 14 heavy (non-hydrogen) atoms. The van der Waals surface area contributed by atoms with Crippen LogP contribution in [-0.4, -0.2) is 11.7 Å². The highest BCUT2D eigenvalue weighted by molar-refractivity contribution is 4.84. The Labute approximate surface area is 89.5 Å². The highest BCUT2D eigenvalue weighted by Crippen LogP contribution is 2.14. The zero-order valence-corrected chi connectivity index (χ0v) is 10.6. The summed E-state index contributed by atoms with van der Waals surface area (Å²) in [6.45, 7) is 12.9. The largest absolute Gasteiger partial charge is 0.373 e. The van der Waals surface area contributed by atoms with Crippen LogP contribution in [0.4, 0.5) is 0 Å². The van der Waals surface area contributed by atoms with Gasteiger partial charge < -0.3 is 4.74 Å². The number of ether oxygens (including phenoxy) is 1. The van der Waals surface area contributed by atoms with E-state index in [9.17, 15) is 0 Å². The van der Waals surface area contributed by atoms with E-state index >= 15 is 0 Å². The van der Waals surface area contributed by atoms with Crippen LogP contribution < -0.4 is 0 Å². The quantitative estimate of drug-likeness (QED) is 0.602. The highest BCUT2D eigenvalue weighted by Gasteiger charge is 2.14. The summed E-state index contributed by atoms with van der Waals surface area (Å²) in [5, 5.41) is 0. The summed E-state index contributed by atoms with van der Waals surface area (Å²) in [6, 6.07) is 0. The van der Waals surface area contributed by atoms with Crippen LogP contribution in [0.3, 0.4) is 0 Å². The molecule has 0 aliphatic rings. The van der Waals surface area contributed by atoms with Crippen LogP contribution >= 0.6 is 0 Å². The van der Waals surface area contributed by atoms with Gasteiger partial charge in [-0.2, -0.15) is 0 Å². The normalized spacial score (nSPS) is 15.4. The minimum atomic E-state index is -0.0127. The maximum atomic E-state index is 5.81. The molecule has 0 amide bonds. The van der Waals surface area contributed by atoms with E-state index in [0.717, 1.165) is 12.8 Å². The second-order valence-electron chi connectivity index (χ2n) is 5.29. The van der Waals surface area contributed by atoms with Crippen LogP contribution in [0.15, 0.2) is 12.2 Å². The molecule has 0 bridgehead atoms. The van der Waals surface area contributed by atoms with Crippen molar-refractivity contribution in [1.82, 2.24) is 0 Å². The van der Waals surface area contributed by atoms with Crippen LogP contribution in [0, 0.1) is 5.92 Å². The van der Waals surface area contributed by atoms with Gasteiger partial charge in [-0.3, -0.25) is 0 Å². The molecule has 0 fully saturated rings. The van der Waals surface area contributed by atoms with Crippen LogP contribution in [0.25, 0.3) is 0 Å². The standard InChI is InChI=1S/C13H26O/c1-11(2)9-7-8-10-12(3)14-13(4,5)6/h7,9,11-12H,8,10H2,1-6H3/b9-7+/t12-/m1/s1. The summed E-state index contributed by atoms with van der Waals surface area (Å²) < 4.78 is 5.81. The van der Waals surface area contributed by atoms with Crippen molar-refractivity contribution in [3.05, 3.63) is 12.2 Å². The Balaban J connectivity index is 3.60. The molecule has 1 heteroatoms. The van der Waals surface area contributed by atoms with Gasteiger partial charge in [0.15, 0.2) is 0 Å². The smallest absolute Gasteiger partial charge is 0.0602 e. The third-order valence-corrected chi connectivity index (χ3v) is 1.82. The summed E-state index contributed by atoms with van der Waals surface area (Å²) in [4.78, 5) is 0. The average Bonchev–Trinajstić information content (AvgIpc) is 1.94. The van der Waals surface area contributed by atoms with Crippen molar-refractivity contribution >= 4 is 0 Å². The Morgan fingerprint density at radius 1 is 1.14 bits per heavy atom. The number of allylic oxidation sites excluding steroid dienone is 2. The molecule has 0 saturated heterocycles. The van der Waals surface area contributed by atoms with Gasteiger partial charge >= 0.3 is 0 Å². The third-order valence-electron chi connectivity index (χ3n) is 1.82. The zero-order valence-electron chi connectivity index (χ0n) is 10.6. The topological polar surface area (TPSA) is 9.23 Å². The molecule has 0 saturated carbocycles. The summed E-state index contributed by atoms with van der Waals surface area (Å²) in [5.74, 6) is 0.661. The van der Waals surface area contributed by atoms with Crippen LogP contribution in [-0.2, 0) is 4.74 Å². The summed E-state index contributed by atoms with van der Waals surface area (Å²) >= 11 is 0. The van der Waals surface area contributed by atoms with Gasteiger partial charge in [0.2, 0.25) is 0 Å². The lowest BCUT2D eigenvalue weighted by Crippen LogP contribution is -2.25. The fourth-order valence-corrected chi connectivity index (χ4v) is 1.36. The van der Waals surface area contributed by atoms with E-state index in [-0.39, 0.29) is 5.60 Å². The molecule has 0 unspecified atom stereocenters. The fraction of sp³-hybridized carbons (Fsp3) is 0.846. The summed E-state index contributed by atoms with van der Waals surface area (Å²) in [7, 11) is 0. The molecule has 0 aliphatic carbocycles. The molecule has 0 heterocycles. The van der Waals surface area contributed by atoms with Crippen molar-refractivity contribution in [3.63, 3.8) is 0 Å². The van der Waals surface area contributed by atoms with Crippen molar-refractivity contribution in [2.75, 3.05) is 0 Å². The van der Waals surface area contributed by atoms with Crippen molar-refractivity contribution in [3.8, 4) is 0 Å². The minimum absolute atomic E-state index is 0.0127. The van der Waals surface area contributed by atoms with Crippen molar-refractivity contribution in [2.45, 2.75) is 66.1 Å². The first-order valence-electron chi connectivity index (χ1n) is 5.66. The van der Waals surface area contributed by atoms with E-state index in [1.54, 1.807) is 0 Å². The Kier molecular flexibility index (Phi) is 6.10. The highest BCUT2D eigenvalue weighted by atomic mass is 16.5.